The molecule has 0 radical (unpaired) electrons. The van der Waals surface area contributed by atoms with Gasteiger partial charge in [-0.25, -0.2) is 4.98 Å². The third-order valence-corrected chi connectivity index (χ3v) is 3.70. The van der Waals surface area contributed by atoms with Crippen LogP contribution >= 0.6 is 0 Å². The highest BCUT2D eigenvalue weighted by atomic mass is 16.4. The van der Waals surface area contributed by atoms with Crippen molar-refractivity contribution in [3.8, 4) is 0 Å². The van der Waals surface area contributed by atoms with E-state index < -0.39 is 47.9 Å². The van der Waals surface area contributed by atoms with Gasteiger partial charge in [-0.3, -0.25) is 33.8 Å². The van der Waals surface area contributed by atoms with Gasteiger partial charge in [-0.1, -0.05) is 0 Å². The first kappa shape index (κ1) is 38.7. The number of aromatic nitrogens is 2. The molecule has 0 aliphatic carbocycles. The number of aromatic amines is 1. The summed E-state index contributed by atoms with van der Waals surface area (Å²) in [6.45, 7) is 0.420. The topological polar surface area (TPSA) is 369 Å². The van der Waals surface area contributed by atoms with Crippen molar-refractivity contribution in [3.05, 3.63) is 18.2 Å². The standard InChI is InChI=1S/C6H14N4O2.C6H9N3O2.2C4H6O4/c7-4(5(11)12)2-1-3-10-6(8)9;7-5(6(10)11)1-4-2-8-3-9-4;2*5-3(6)1-2-4(7)8/h4H,1-3,7H2,(H,11,12)(H4,8,9,10);2-3,5H,1,7H2,(H,8,9)(H,10,11);2*1-2H2,(H,5,6)(H,7,8)/t4-;5-;;/m00../s1. The molecule has 0 unspecified atom stereocenters. The van der Waals surface area contributed by atoms with Gasteiger partial charge in [-0.15, -0.1) is 0 Å². The summed E-state index contributed by atoms with van der Waals surface area (Å²) < 4.78 is 0. The smallest absolute Gasteiger partial charge is 0.320 e. The number of rotatable bonds is 14. The minimum absolute atomic E-state index is 0.0129. The number of hydrogen-bond donors (Lipinski definition) is 11. The van der Waals surface area contributed by atoms with Gasteiger partial charge >= 0.3 is 35.8 Å². The molecule has 0 aromatic carbocycles. The number of carboxylic acids is 6. The van der Waals surface area contributed by atoms with Crippen LogP contribution in [0, 0.1) is 0 Å². The van der Waals surface area contributed by atoms with Gasteiger partial charge in [-0.2, -0.15) is 0 Å². The first-order chi connectivity index (χ1) is 18.0. The summed E-state index contributed by atoms with van der Waals surface area (Å²) in [6.07, 6.45) is 3.11. The van der Waals surface area contributed by atoms with E-state index in [0.717, 1.165) is 5.69 Å². The average Bonchev–Trinajstić information content (AvgIpc) is 3.33. The van der Waals surface area contributed by atoms with Crippen LogP contribution in [0.15, 0.2) is 17.5 Å². The molecular weight excluding hydrogens is 530 g/mol. The number of hydrogen-bond acceptors (Lipinski definition) is 10. The Balaban J connectivity index is -0.000000451. The fraction of sp³-hybridized carbons (Fsp3) is 0.500. The van der Waals surface area contributed by atoms with E-state index in [1.54, 1.807) is 6.20 Å². The molecule has 0 saturated carbocycles. The molecule has 39 heavy (non-hydrogen) atoms. The Bertz CT molecular complexity index is 862. The molecule has 0 fully saturated rings. The Hall–Kier alpha value is -4.78. The summed E-state index contributed by atoms with van der Waals surface area (Å²) >= 11 is 0. The molecule has 1 rings (SSSR count). The van der Waals surface area contributed by atoms with Crippen LogP contribution in [0.25, 0.3) is 0 Å². The maximum Gasteiger partial charge on any atom is 0.320 e. The molecule has 19 nitrogen and oxygen atoms in total. The van der Waals surface area contributed by atoms with E-state index >= 15 is 0 Å². The van der Waals surface area contributed by atoms with Gasteiger partial charge < -0.3 is 58.6 Å². The maximum atomic E-state index is 10.3. The van der Waals surface area contributed by atoms with E-state index in [9.17, 15) is 28.8 Å². The zero-order chi connectivity index (χ0) is 31.0. The van der Waals surface area contributed by atoms with E-state index in [0.29, 0.717) is 19.4 Å². The molecule has 15 N–H and O–H groups in total. The van der Waals surface area contributed by atoms with Gasteiger partial charge in [0.25, 0.3) is 0 Å². The molecule has 222 valence electrons. The second-order valence-corrected chi connectivity index (χ2v) is 7.19. The lowest BCUT2D eigenvalue weighted by atomic mass is 10.2. The first-order valence-corrected chi connectivity index (χ1v) is 10.9. The van der Waals surface area contributed by atoms with Gasteiger partial charge in [0.15, 0.2) is 5.96 Å². The quantitative estimate of drug-likeness (QED) is 0.0640. The summed E-state index contributed by atoms with van der Waals surface area (Å²) in [4.78, 5) is 69.2. The van der Waals surface area contributed by atoms with Crippen LogP contribution in [0.1, 0.15) is 44.2 Å². The van der Waals surface area contributed by atoms with Crippen LogP contribution in [0.4, 0.5) is 0 Å². The van der Waals surface area contributed by atoms with Crippen LogP contribution in [0.3, 0.4) is 0 Å². The van der Waals surface area contributed by atoms with Crippen molar-refractivity contribution in [1.82, 2.24) is 9.97 Å². The summed E-state index contributed by atoms with van der Waals surface area (Å²) in [5.41, 5.74) is 21.3. The molecule has 0 aliphatic heterocycles. The third-order valence-electron chi connectivity index (χ3n) is 3.70. The third kappa shape index (κ3) is 33.2. The largest absolute Gasteiger partial charge is 0.481 e. The fourth-order valence-electron chi connectivity index (χ4n) is 1.79. The zero-order valence-electron chi connectivity index (χ0n) is 20.8. The first-order valence-electron chi connectivity index (χ1n) is 10.9. The van der Waals surface area contributed by atoms with Gasteiger partial charge in [-0.05, 0) is 12.8 Å². The average molecular weight is 566 g/mol. The lowest BCUT2D eigenvalue weighted by Gasteiger charge is -2.03. The van der Waals surface area contributed by atoms with Crippen LogP contribution in [-0.4, -0.2) is 101 Å². The number of H-pyrrole nitrogens is 1. The summed E-state index contributed by atoms with van der Waals surface area (Å²) in [6, 6.07) is -1.67. The Morgan fingerprint density at radius 2 is 1.18 bits per heavy atom. The van der Waals surface area contributed by atoms with Crippen LogP contribution < -0.4 is 22.9 Å². The molecule has 1 heterocycles. The Kier molecular flexibility index (Phi) is 23.5. The van der Waals surface area contributed by atoms with Gasteiger partial charge in [0.1, 0.15) is 12.1 Å². The van der Waals surface area contributed by atoms with Crippen molar-refractivity contribution < 1.29 is 59.4 Å². The fourth-order valence-corrected chi connectivity index (χ4v) is 1.79. The molecule has 0 bridgehead atoms. The second kappa shape index (κ2) is 23.6. The number of imidazole rings is 1. The van der Waals surface area contributed by atoms with E-state index in [2.05, 4.69) is 15.0 Å². The highest BCUT2D eigenvalue weighted by Crippen LogP contribution is 1.96. The molecule has 1 aromatic rings. The predicted octanol–water partition coefficient (Wildman–Crippen LogP) is -2.31. The molecule has 2 atom stereocenters. The van der Waals surface area contributed by atoms with Crippen LogP contribution in [0.5, 0.6) is 0 Å². The summed E-state index contributed by atoms with van der Waals surface area (Å²) in [5.74, 6) is -6.29. The number of nitrogens with zero attached hydrogens (tertiary/aromatic N) is 2. The molecular formula is C20H35N7O12. The van der Waals surface area contributed by atoms with E-state index in [4.69, 9.17) is 53.6 Å². The number of aliphatic imine (C=N–C) groups is 1. The number of carbonyl (C=O) groups is 6. The molecule has 1 aromatic heterocycles. The lowest BCUT2D eigenvalue weighted by Crippen LogP contribution is -2.32. The van der Waals surface area contributed by atoms with Crippen LogP contribution in [-0.2, 0) is 35.2 Å². The normalized spacial score (nSPS) is 10.8. The Morgan fingerprint density at radius 1 is 0.769 bits per heavy atom. The highest BCUT2D eigenvalue weighted by molar-refractivity contribution is 5.76. The van der Waals surface area contributed by atoms with Gasteiger partial charge in [0.05, 0.1) is 32.0 Å². The molecule has 19 heteroatoms. The summed E-state index contributed by atoms with van der Waals surface area (Å²) in [5, 5.41) is 48.4. The Morgan fingerprint density at radius 3 is 1.46 bits per heavy atom. The van der Waals surface area contributed by atoms with E-state index in [1.807, 2.05) is 0 Å². The van der Waals surface area contributed by atoms with Gasteiger partial charge in [0.2, 0.25) is 0 Å². The van der Waals surface area contributed by atoms with Gasteiger partial charge in [0, 0.05) is 24.9 Å². The summed E-state index contributed by atoms with van der Waals surface area (Å²) in [7, 11) is 0. The second-order valence-electron chi connectivity index (χ2n) is 7.19. The number of nitrogens with one attached hydrogen (secondary N) is 1. The molecule has 0 saturated heterocycles. The Labute approximate surface area is 221 Å². The minimum atomic E-state index is -1.08. The number of guanidine groups is 1. The lowest BCUT2D eigenvalue weighted by molar-refractivity contribution is -0.143. The van der Waals surface area contributed by atoms with Crippen molar-refractivity contribution in [2.45, 2.75) is 57.0 Å². The zero-order valence-corrected chi connectivity index (χ0v) is 20.8. The number of nitrogens with two attached hydrogens (primary N) is 4. The predicted molar refractivity (Wildman–Crippen MR) is 132 cm³/mol. The van der Waals surface area contributed by atoms with Crippen molar-refractivity contribution in [2.75, 3.05) is 6.54 Å². The van der Waals surface area contributed by atoms with E-state index in [1.165, 1.54) is 6.33 Å². The van der Waals surface area contributed by atoms with Crippen molar-refractivity contribution in [1.29, 1.82) is 0 Å². The van der Waals surface area contributed by atoms with Crippen LogP contribution in [0.2, 0.25) is 0 Å². The number of carboxylic acid groups (broad SMARTS) is 6. The highest BCUT2D eigenvalue weighted by Gasteiger charge is 2.12. The SMILES string of the molecule is NC(N)=NCCC[C@H](N)C(=O)O.N[C@@H](Cc1cnc[nH]1)C(=O)O.O=C(O)CCC(=O)O.O=C(O)CCC(=O)O. The molecule has 0 aliphatic rings. The van der Waals surface area contributed by atoms with Crippen molar-refractivity contribution in [3.63, 3.8) is 0 Å². The maximum absolute atomic E-state index is 10.3. The molecule has 0 spiro atoms. The van der Waals surface area contributed by atoms with Crippen molar-refractivity contribution in [2.24, 2.45) is 27.9 Å². The number of aliphatic carboxylic acids is 6. The van der Waals surface area contributed by atoms with Crippen molar-refractivity contribution >= 4 is 41.8 Å². The van der Waals surface area contributed by atoms with E-state index in [-0.39, 0.29) is 38.1 Å². The monoisotopic (exact) mass is 565 g/mol. The minimum Gasteiger partial charge on any atom is -0.481 e. The molecule has 0 amide bonds.